The topological polar surface area (TPSA) is 0 Å². The van der Waals surface area contributed by atoms with E-state index in [4.69, 9.17) is 0 Å². The molecule has 0 N–H and O–H groups in total. The highest BCUT2D eigenvalue weighted by Crippen LogP contribution is 2.20. The minimum atomic E-state index is 1.12. The maximum Gasteiger partial charge on any atom is -0.0150 e. The van der Waals surface area contributed by atoms with E-state index in [2.05, 4.69) is 24.5 Å². The molecule has 1 heteroatoms. The SMILES string of the molecule is CC1=CCC=CS1. The molecule has 0 radical (unpaired) electrons. The Morgan fingerprint density at radius 3 is 2.86 bits per heavy atom. The number of allylic oxidation sites excluding steroid dienone is 3. The largest absolute Gasteiger partial charge is 0.103 e. The van der Waals surface area contributed by atoms with Crippen LogP contribution in [0.15, 0.2) is 22.5 Å². The Morgan fingerprint density at radius 2 is 2.57 bits per heavy atom. The first-order chi connectivity index (χ1) is 3.39. The first-order valence-electron chi connectivity index (χ1n) is 2.38. The van der Waals surface area contributed by atoms with Crippen LogP contribution < -0.4 is 0 Å². The predicted octanol–water partition coefficient (Wildman–Crippen LogP) is 2.54. The van der Waals surface area contributed by atoms with Gasteiger partial charge in [-0.25, -0.2) is 0 Å². The summed E-state index contributed by atoms with van der Waals surface area (Å²) in [6.45, 7) is 2.13. The monoisotopic (exact) mass is 112 g/mol. The minimum Gasteiger partial charge on any atom is -0.103 e. The Kier molecular flexibility index (Phi) is 1.58. The van der Waals surface area contributed by atoms with E-state index < -0.39 is 0 Å². The van der Waals surface area contributed by atoms with Crippen molar-refractivity contribution in [2.24, 2.45) is 0 Å². The van der Waals surface area contributed by atoms with E-state index in [0.717, 1.165) is 6.42 Å². The number of thioether (sulfide) groups is 1. The van der Waals surface area contributed by atoms with Crippen molar-refractivity contribution in [3.63, 3.8) is 0 Å². The summed E-state index contributed by atoms with van der Waals surface area (Å²) in [5, 5.41) is 2.13. The summed E-state index contributed by atoms with van der Waals surface area (Å²) in [5.74, 6) is 0. The molecule has 1 heterocycles. The van der Waals surface area contributed by atoms with E-state index in [1.54, 1.807) is 11.8 Å². The Balaban J connectivity index is 2.50. The average Bonchev–Trinajstić information content (AvgIpc) is 1.69. The van der Waals surface area contributed by atoms with Crippen LogP contribution in [0.5, 0.6) is 0 Å². The van der Waals surface area contributed by atoms with Gasteiger partial charge in [0.25, 0.3) is 0 Å². The summed E-state index contributed by atoms with van der Waals surface area (Å²) in [7, 11) is 0. The zero-order chi connectivity index (χ0) is 5.11. The van der Waals surface area contributed by atoms with Crippen molar-refractivity contribution in [3.05, 3.63) is 22.5 Å². The van der Waals surface area contributed by atoms with E-state index in [9.17, 15) is 0 Å². The first-order valence-corrected chi connectivity index (χ1v) is 3.26. The van der Waals surface area contributed by atoms with Gasteiger partial charge in [-0.2, -0.15) is 0 Å². The number of hydrogen-bond acceptors (Lipinski definition) is 1. The molecule has 0 saturated carbocycles. The molecule has 0 amide bonds. The van der Waals surface area contributed by atoms with Gasteiger partial charge in [-0.1, -0.05) is 12.2 Å². The molecule has 0 fully saturated rings. The van der Waals surface area contributed by atoms with E-state index in [-0.39, 0.29) is 0 Å². The van der Waals surface area contributed by atoms with Gasteiger partial charge in [-0.05, 0) is 23.7 Å². The van der Waals surface area contributed by atoms with Gasteiger partial charge >= 0.3 is 0 Å². The summed E-state index contributed by atoms with van der Waals surface area (Å²) < 4.78 is 0. The van der Waals surface area contributed by atoms with Crippen LogP contribution in [0.1, 0.15) is 13.3 Å². The van der Waals surface area contributed by atoms with Crippen molar-refractivity contribution in [1.82, 2.24) is 0 Å². The van der Waals surface area contributed by atoms with Gasteiger partial charge in [0.2, 0.25) is 0 Å². The first kappa shape index (κ1) is 4.98. The predicted molar refractivity (Wildman–Crippen MR) is 35.1 cm³/mol. The van der Waals surface area contributed by atoms with Gasteiger partial charge in [0, 0.05) is 0 Å². The molecular formula is C6H8S. The fraction of sp³-hybridized carbons (Fsp3) is 0.333. The molecule has 0 bridgehead atoms. The van der Waals surface area contributed by atoms with Crippen LogP contribution in [0, 0.1) is 0 Å². The van der Waals surface area contributed by atoms with Crippen LogP contribution in [0.2, 0.25) is 0 Å². The average molecular weight is 112 g/mol. The third-order valence-corrected chi connectivity index (χ3v) is 1.76. The highest BCUT2D eigenvalue weighted by molar-refractivity contribution is 8.05. The van der Waals surface area contributed by atoms with Crippen molar-refractivity contribution in [2.45, 2.75) is 13.3 Å². The van der Waals surface area contributed by atoms with Crippen LogP contribution in [-0.2, 0) is 0 Å². The second kappa shape index (κ2) is 2.22. The maximum atomic E-state index is 2.23. The lowest BCUT2D eigenvalue weighted by molar-refractivity contribution is 1.36. The fourth-order valence-electron chi connectivity index (χ4n) is 0.493. The quantitative estimate of drug-likeness (QED) is 0.464. The highest BCUT2D eigenvalue weighted by Gasteiger charge is 1.87. The van der Waals surface area contributed by atoms with Crippen molar-refractivity contribution in [3.8, 4) is 0 Å². The molecule has 7 heavy (non-hydrogen) atoms. The lowest BCUT2D eigenvalue weighted by Gasteiger charge is -1.97. The van der Waals surface area contributed by atoms with Crippen LogP contribution in [-0.4, -0.2) is 0 Å². The zero-order valence-corrected chi connectivity index (χ0v) is 5.16. The molecule has 1 rings (SSSR count). The molecule has 0 spiro atoms. The van der Waals surface area contributed by atoms with Crippen LogP contribution in [0.3, 0.4) is 0 Å². The molecular weight excluding hydrogens is 104 g/mol. The van der Waals surface area contributed by atoms with Crippen molar-refractivity contribution in [1.29, 1.82) is 0 Å². The molecule has 0 unspecified atom stereocenters. The molecule has 0 atom stereocenters. The lowest BCUT2D eigenvalue weighted by Crippen LogP contribution is -1.69. The van der Waals surface area contributed by atoms with E-state index in [0.29, 0.717) is 0 Å². The van der Waals surface area contributed by atoms with Crippen molar-refractivity contribution in [2.75, 3.05) is 0 Å². The van der Waals surface area contributed by atoms with Crippen molar-refractivity contribution >= 4 is 11.8 Å². The van der Waals surface area contributed by atoms with Crippen LogP contribution >= 0.6 is 11.8 Å². The second-order valence-electron chi connectivity index (χ2n) is 1.54. The molecule has 0 aliphatic carbocycles. The van der Waals surface area contributed by atoms with Gasteiger partial charge in [0.05, 0.1) is 0 Å². The Bertz CT molecular complexity index is 111. The zero-order valence-electron chi connectivity index (χ0n) is 4.35. The smallest absolute Gasteiger partial charge is 0.0150 e. The van der Waals surface area contributed by atoms with Gasteiger partial charge in [0.15, 0.2) is 0 Å². The highest BCUT2D eigenvalue weighted by atomic mass is 32.2. The molecule has 0 aromatic rings. The third-order valence-electron chi connectivity index (χ3n) is 0.892. The maximum absolute atomic E-state index is 2.23. The second-order valence-corrected chi connectivity index (χ2v) is 2.69. The summed E-state index contributed by atoms with van der Waals surface area (Å²) >= 11 is 1.80. The Morgan fingerprint density at radius 1 is 1.71 bits per heavy atom. The van der Waals surface area contributed by atoms with Gasteiger partial charge in [0.1, 0.15) is 0 Å². The summed E-state index contributed by atoms with van der Waals surface area (Å²) in [4.78, 5) is 1.42. The molecule has 0 saturated heterocycles. The lowest BCUT2D eigenvalue weighted by atomic mass is 10.4. The summed E-state index contributed by atoms with van der Waals surface area (Å²) in [6, 6.07) is 0. The molecule has 1 aliphatic heterocycles. The van der Waals surface area contributed by atoms with Crippen molar-refractivity contribution < 1.29 is 0 Å². The fourth-order valence-corrected chi connectivity index (χ4v) is 1.11. The molecule has 0 aromatic heterocycles. The Hall–Kier alpha value is -0.170. The molecule has 1 aliphatic rings. The van der Waals surface area contributed by atoms with Gasteiger partial charge < -0.3 is 0 Å². The number of hydrogen-bond donors (Lipinski definition) is 0. The van der Waals surface area contributed by atoms with E-state index in [1.807, 2.05) is 0 Å². The number of rotatable bonds is 0. The van der Waals surface area contributed by atoms with Gasteiger partial charge in [-0.3, -0.25) is 0 Å². The minimum absolute atomic E-state index is 1.12. The van der Waals surface area contributed by atoms with E-state index >= 15 is 0 Å². The Labute approximate surface area is 48.3 Å². The molecule has 0 nitrogen and oxygen atoms in total. The summed E-state index contributed by atoms with van der Waals surface area (Å²) in [6.07, 6.45) is 5.52. The molecule has 0 aromatic carbocycles. The van der Waals surface area contributed by atoms with E-state index in [1.165, 1.54) is 4.91 Å². The summed E-state index contributed by atoms with van der Waals surface area (Å²) in [5.41, 5.74) is 0. The van der Waals surface area contributed by atoms with Crippen LogP contribution in [0.4, 0.5) is 0 Å². The molecule has 38 valence electrons. The third kappa shape index (κ3) is 1.39. The van der Waals surface area contributed by atoms with Gasteiger partial charge in [-0.15, -0.1) is 11.8 Å². The normalized spacial score (nSPS) is 19.3. The van der Waals surface area contributed by atoms with Crippen LogP contribution in [0.25, 0.3) is 0 Å². The standard InChI is InChI=1S/C6H8S/c1-6-4-2-3-5-7-6/h3-5H,2H2,1H3.